The molecule has 3 heteroatoms. The molecular formula is C13H18FNO. The van der Waals surface area contributed by atoms with Crippen molar-refractivity contribution in [2.75, 3.05) is 12.3 Å². The van der Waals surface area contributed by atoms with Crippen LogP contribution in [0.5, 0.6) is 0 Å². The number of hydrogen-bond acceptors (Lipinski definition) is 2. The van der Waals surface area contributed by atoms with E-state index in [9.17, 15) is 4.39 Å². The van der Waals surface area contributed by atoms with Crippen molar-refractivity contribution < 1.29 is 9.13 Å². The molecule has 2 N–H and O–H groups in total. The summed E-state index contributed by atoms with van der Waals surface area (Å²) < 4.78 is 18.4. The van der Waals surface area contributed by atoms with Gasteiger partial charge in [-0.1, -0.05) is 18.9 Å². The molecule has 1 aromatic rings. The SMILES string of the molecule is Nc1cc(F)ccc1COCC1CCCC1. The third kappa shape index (κ3) is 2.95. The van der Waals surface area contributed by atoms with Crippen LogP contribution < -0.4 is 5.73 Å². The summed E-state index contributed by atoms with van der Waals surface area (Å²) in [5, 5.41) is 0. The molecule has 0 heterocycles. The molecule has 2 nitrogen and oxygen atoms in total. The monoisotopic (exact) mass is 223 g/mol. The van der Waals surface area contributed by atoms with Gasteiger partial charge in [-0.2, -0.15) is 0 Å². The van der Waals surface area contributed by atoms with E-state index in [1.54, 1.807) is 6.07 Å². The molecule has 16 heavy (non-hydrogen) atoms. The normalized spacial score (nSPS) is 16.8. The van der Waals surface area contributed by atoms with Gasteiger partial charge < -0.3 is 10.5 Å². The molecule has 0 saturated heterocycles. The molecule has 0 amide bonds. The Labute approximate surface area is 95.6 Å². The lowest BCUT2D eigenvalue weighted by molar-refractivity contribution is 0.0892. The number of halogens is 1. The average Bonchev–Trinajstić information content (AvgIpc) is 2.74. The molecule has 0 atom stereocenters. The molecule has 88 valence electrons. The minimum atomic E-state index is -0.294. The molecule has 1 aliphatic carbocycles. The number of nitrogens with two attached hydrogens (primary N) is 1. The van der Waals surface area contributed by atoms with Crippen molar-refractivity contribution in [3.05, 3.63) is 29.6 Å². The van der Waals surface area contributed by atoms with Gasteiger partial charge in [0.15, 0.2) is 0 Å². The largest absolute Gasteiger partial charge is 0.398 e. The third-order valence-corrected chi connectivity index (χ3v) is 3.19. The zero-order valence-electron chi connectivity index (χ0n) is 9.42. The van der Waals surface area contributed by atoms with Gasteiger partial charge in [0.05, 0.1) is 6.61 Å². The molecular weight excluding hydrogens is 205 g/mol. The van der Waals surface area contributed by atoms with Gasteiger partial charge in [-0.05, 0) is 30.9 Å². The van der Waals surface area contributed by atoms with Crippen LogP contribution in [0.4, 0.5) is 10.1 Å². The molecule has 2 rings (SSSR count). The van der Waals surface area contributed by atoms with Crippen LogP contribution in [0.2, 0.25) is 0 Å². The molecule has 1 aliphatic rings. The van der Waals surface area contributed by atoms with Crippen molar-refractivity contribution in [1.29, 1.82) is 0 Å². The molecule has 0 unspecified atom stereocenters. The molecule has 1 fully saturated rings. The Bertz CT molecular complexity index is 348. The Morgan fingerprint density at radius 2 is 2.06 bits per heavy atom. The lowest BCUT2D eigenvalue weighted by Crippen LogP contribution is -2.06. The second kappa shape index (κ2) is 5.30. The number of nitrogen functional groups attached to an aromatic ring is 1. The maximum atomic E-state index is 12.8. The highest BCUT2D eigenvalue weighted by Gasteiger charge is 2.14. The minimum absolute atomic E-state index is 0.294. The van der Waals surface area contributed by atoms with E-state index in [0.29, 0.717) is 18.2 Å². The number of hydrogen-bond donors (Lipinski definition) is 1. The Balaban J connectivity index is 1.80. The fraction of sp³-hybridized carbons (Fsp3) is 0.538. The van der Waals surface area contributed by atoms with Gasteiger partial charge in [0.25, 0.3) is 0 Å². The fourth-order valence-electron chi connectivity index (χ4n) is 2.21. The topological polar surface area (TPSA) is 35.2 Å². The highest BCUT2D eigenvalue weighted by Crippen LogP contribution is 2.25. The summed E-state index contributed by atoms with van der Waals surface area (Å²) in [6.07, 6.45) is 5.21. The minimum Gasteiger partial charge on any atom is -0.398 e. The highest BCUT2D eigenvalue weighted by molar-refractivity contribution is 5.46. The summed E-state index contributed by atoms with van der Waals surface area (Å²) in [6, 6.07) is 4.46. The number of anilines is 1. The maximum absolute atomic E-state index is 12.8. The molecule has 0 bridgehead atoms. The zero-order valence-corrected chi connectivity index (χ0v) is 9.42. The Morgan fingerprint density at radius 3 is 2.75 bits per heavy atom. The van der Waals surface area contributed by atoms with Crippen LogP contribution in [0.3, 0.4) is 0 Å². The first kappa shape index (κ1) is 11.4. The van der Waals surface area contributed by atoms with Crippen LogP contribution in [-0.4, -0.2) is 6.61 Å². The fourth-order valence-corrected chi connectivity index (χ4v) is 2.21. The molecule has 1 saturated carbocycles. The summed E-state index contributed by atoms with van der Waals surface area (Å²) in [5.41, 5.74) is 7.05. The predicted octanol–water partition coefficient (Wildman–Crippen LogP) is 3.11. The van der Waals surface area contributed by atoms with Gasteiger partial charge in [-0.25, -0.2) is 4.39 Å². The first-order valence-corrected chi connectivity index (χ1v) is 5.87. The van der Waals surface area contributed by atoms with Crippen molar-refractivity contribution in [3.63, 3.8) is 0 Å². The van der Waals surface area contributed by atoms with Crippen molar-refractivity contribution >= 4 is 5.69 Å². The van der Waals surface area contributed by atoms with Crippen LogP contribution in [0.15, 0.2) is 18.2 Å². The van der Waals surface area contributed by atoms with Gasteiger partial charge in [-0.3, -0.25) is 0 Å². The lowest BCUT2D eigenvalue weighted by Gasteiger charge is -2.11. The van der Waals surface area contributed by atoms with Gasteiger partial charge in [-0.15, -0.1) is 0 Å². The van der Waals surface area contributed by atoms with Gasteiger partial charge in [0.1, 0.15) is 5.82 Å². The Hall–Kier alpha value is -1.09. The number of rotatable bonds is 4. The van der Waals surface area contributed by atoms with Crippen molar-refractivity contribution in [2.45, 2.75) is 32.3 Å². The number of ether oxygens (including phenoxy) is 1. The van der Waals surface area contributed by atoms with E-state index >= 15 is 0 Å². The van der Waals surface area contributed by atoms with E-state index in [0.717, 1.165) is 12.2 Å². The van der Waals surface area contributed by atoms with Crippen LogP contribution in [0.1, 0.15) is 31.2 Å². The van der Waals surface area contributed by atoms with Gasteiger partial charge in [0, 0.05) is 17.9 Å². The molecule has 0 radical (unpaired) electrons. The third-order valence-electron chi connectivity index (χ3n) is 3.19. The smallest absolute Gasteiger partial charge is 0.125 e. The van der Waals surface area contributed by atoms with Crippen LogP contribution in [0, 0.1) is 11.7 Å². The van der Waals surface area contributed by atoms with Crippen LogP contribution in [-0.2, 0) is 11.3 Å². The van der Waals surface area contributed by atoms with Crippen molar-refractivity contribution in [1.82, 2.24) is 0 Å². The quantitative estimate of drug-likeness (QED) is 0.796. The Kier molecular flexibility index (Phi) is 3.78. The second-order valence-electron chi connectivity index (χ2n) is 4.51. The maximum Gasteiger partial charge on any atom is 0.125 e. The molecule has 0 aromatic heterocycles. The first-order valence-electron chi connectivity index (χ1n) is 5.87. The second-order valence-corrected chi connectivity index (χ2v) is 4.51. The van der Waals surface area contributed by atoms with Crippen molar-refractivity contribution in [3.8, 4) is 0 Å². The first-order chi connectivity index (χ1) is 7.75. The van der Waals surface area contributed by atoms with E-state index in [1.165, 1.54) is 37.8 Å². The summed E-state index contributed by atoms with van der Waals surface area (Å²) in [7, 11) is 0. The van der Waals surface area contributed by atoms with Crippen LogP contribution >= 0.6 is 0 Å². The Morgan fingerprint density at radius 1 is 1.31 bits per heavy atom. The molecule has 0 spiro atoms. The zero-order chi connectivity index (χ0) is 11.4. The van der Waals surface area contributed by atoms with E-state index < -0.39 is 0 Å². The summed E-state index contributed by atoms with van der Waals surface area (Å²) >= 11 is 0. The highest BCUT2D eigenvalue weighted by atomic mass is 19.1. The summed E-state index contributed by atoms with van der Waals surface area (Å²) in [4.78, 5) is 0. The van der Waals surface area contributed by atoms with Gasteiger partial charge >= 0.3 is 0 Å². The van der Waals surface area contributed by atoms with E-state index in [-0.39, 0.29) is 5.82 Å². The van der Waals surface area contributed by atoms with Gasteiger partial charge in [0.2, 0.25) is 0 Å². The number of benzene rings is 1. The van der Waals surface area contributed by atoms with Crippen molar-refractivity contribution in [2.24, 2.45) is 5.92 Å². The van der Waals surface area contributed by atoms with E-state index in [2.05, 4.69) is 0 Å². The van der Waals surface area contributed by atoms with E-state index in [1.807, 2.05) is 0 Å². The van der Waals surface area contributed by atoms with Crippen LogP contribution in [0.25, 0.3) is 0 Å². The molecule has 0 aliphatic heterocycles. The summed E-state index contributed by atoms with van der Waals surface area (Å²) in [6.45, 7) is 1.29. The summed E-state index contributed by atoms with van der Waals surface area (Å²) in [5.74, 6) is 0.415. The lowest BCUT2D eigenvalue weighted by atomic mass is 10.1. The molecule has 1 aromatic carbocycles. The van der Waals surface area contributed by atoms with E-state index in [4.69, 9.17) is 10.5 Å². The average molecular weight is 223 g/mol. The standard InChI is InChI=1S/C13H18FNO/c14-12-6-5-11(13(15)7-12)9-16-8-10-3-1-2-4-10/h5-7,10H,1-4,8-9,15H2. The predicted molar refractivity (Wildman–Crippen MR) is 62.4 cm³/mol.